The summed E-state index contributed by atoms with van der Waals surface area (Å²) in [6.07, 6.45) is 3.30. The molecule has 2 aromatic heterocycles. The molecular weight excluding hydrogens is 426 g/mol. The van der Waals surface area contributed by atoms with Crippen molar-refractivity contribution in [2.75, 3.05) is 38.2 Å². The summed E-state index contributed by atoms with van der Waals surface area (Å²) in [5.41, 5.74) is 3.83. The lowest BCUT2D eigenvalue weighted by Crippen LogP contribution is -2.48. The predicted octanol–water partition coefficient (Wildman–Crippen LogP) is 4.02. The molecular formula is C24H22ClN5O2. The third-order valence-electron chi connectivity index (χ3n) is 5.74. The summed E-state index contributed by atoms with van der Waals surface area (Å²) in [6.45, 7) is 2.68. The van der Waals surface area contributed by atoms with Gasteiger partial charge in [0, 0.05) is 43.0 Å². The van der Waals surface area contributed by atoms with Crippen LogP contribution in [0, 0.1) is 0 Å². The third-order valence-corrected chi connectivity index (χ3v) is 5.98. The number of aromatic nitrogens is 3. The molecule has 5 rings (SSSR count). The second-order valence-corrected chi connectivity index (χ2v) is 8.02. The quantitative estimate of drug-likeness (QED) is 0.473. The van der Waals surface area contributed by atoms with Gasteiger partial charge in [0.15, 0.2) is 5.65 Å². The van der Waals surface area contributed by atoms with E-state index in [1.165, 1.54) is 0 Å². The number of hydrogen-bond donors (Lipinski definition) is 0. The van der Waals surface area contributed by atoms with Gasteiger partial charge in [-0.05, 0) is 30.3 Å². The van der Waals surface area contributed by atoms with E-state index >= 15 is 0 Å². The minimum Gasteiger partial charge on any atom is -0.495 e. The van der Waals surface area contributed by atoms with Crippen LogP contribution in [0.1, 0.15) is 10.4 Å². The number of halogens is 1. The maximum absolute atomic E-state index is 13.3. The topological polar surface area (TPSA) is 63.0 Å². The highest BCUT2D eigenvalue weighted by molar-refractivity contribution is 6.30. The highest BCUT2D eigenvalue weighted by atomic mass is 35.5. The zero-order valence-corrected chi connectivity index (χ0v) is 18.4. The first kappa shape index (κ1) is 20.3. The van der Waals surface area contributed by atoms with Crippen LogP contribution in [0.2, 0.25) is 5.02 Å². The fourth-order valence-corrected chi connectivity index (χ4v) is 4.31. The van der Waals surface area contributed by atoms with Gasteiger partial charge in [-0.3, -0.25) is 4.79 Å². The Morgan fingerprint density at radius 1 is 1.03 bits per heavy atom. The van der Waals surface area contributed by atoms with Crippen LogP contribution in [0.5, 0.6) is 5.75 Å². The summed E-state index contributed by atoms with van der Waals surface area (Å²) in [7, 11) is 1.68. The molecule has 8 heteroatoms. The van der Waals surface area contributed by atoms with E-state index in [4.69, 9.17) is 16.3 Å². The second-order valence-electron chi connectivity index (χ2n) is 7.59. The van der Waals surface area contributed by atoms with Gasteiger partial charge in [-0.25, -0.2) is 9.50 Å². The Hall–Kier alpha value is -3.58. The Morgan fingerprint density at radius 2 is 1.84 bits per heavy atom. The molecule has 0 radical (unpaired) electrons. The van der Waals surface area contributed by atoms with Crippen LogP contribution >= 0.6 is 11.6 Å². The van der Waals surface area contributed by atoms with Gasteiger partial charge in [0.2, 0.25) is 0 Å². The largest absolute Gasteiger partial charge is 0.495 e. The van der Waals surface area contributed by atoms with Crippen molar-refractivity contribution in [3.05, 3.63) is 77.6 Å². The first-order chi connectivity index (χ1) is 15.7. The summed E-state index contributed by atoms with van der Waals surface area (Å²) in [4.78, 5) is 21.9. The van der Waals surface area contributed by atoms with Gasteiger partial charge in [0.25, 0.3) is 5.91 Å². The number of carbonyl (C=O) groups excluding carboxylic acids is 1. The number of rotatable bonds is 4. The molecule has 4 aromatic rings. The fourth-order valence-electron chi connectivity index (χ4n) is 4.12. The van der Waals surface area contributed by atoms with E-state index in [1.807, 2.05) is 59.5 Å². The Labute approximate surface area is 190 Å². The molecule has 3 heterocycles. The van der Waals surface area contributed by atoms with Crippen LogP contribution in [0.3, 0.4) is 0 Å². The van der Waals surface area contributed by atoms with Crippen molar-refractivity contribution >= 4 is 28.8 Å². The zero-order valence-electron chi connectivity index (χ0n) is 17.6. The minimum atomic E-state index is -0.0598. The maximum Gasteiger partial charge on any atom is 0.259 e. The van der Waals surface area contributed by atoms with Crippen LogP contribution in [0.15, 0.2) is 67.0 Å². The second kappa shape index (κ2) is 8.51. The zero-order chi connectivity index (χ0) is 22.1. The van der Waals surface area contributed by atoms with Crippen LogP contribution in [0.4, 0.5) is 5.69 Å². The number of methoxy groups -OCH3 is 1. The van der Waals surface area contributed by atoms with E-state index < -0.39 is 0 Å². The van der Waals surface area contributed by atoms with Gasteiger partial charge in [-0.1, -0.05) is 35.9 Å². The molecule has 7 nitrogen and oxygen atoms in total. The van der Waals surface area contributed by atoms with Gasteiger partial charge in [-0.2, -0.15) is 5.10 Å². The van der Waals surface area contributed by atoms with E-state index in [0.29, 0.717) is 29.3 Å². The number of anilines is 1. The molecule has 0 bridgehead atoms. The molecule has 0 atom stereocenters. The number of para-hydroxylation sites is 2. The van der Waals surface area contributed by atoms with E-state index in [0.717, 1.165) is 35.8 Å². The molecule has 0 N–H and O–H groups in total. The molecule has 2 aromatic carbocycles. The summed E-state index contributed by atoms with van der Waals surface area (Å²) in [6, 6.07) is 17.4. The van der Waals surface area contributed by atoms with Gasteiger partial charge in [0.05, 0.1) is 24.7 Å². The lowest BCUT2D eigenvalue weighted by molar-refractivity contribution is 0.0748. The average Bonchev–Trinajstić information content (AvgIpc) is 3.28. The lowest BCUT2D eigenvalue weighted by Gasteiger charge is -2.36. The van der Waals surface area contributed by atoms with Crippen molar-refractivity contribution in [2.45, 2.75) is 0 Å². The van der Waals surface area contributed by atoms with Crippen molar-refractivity contribution in [3.63, 3.8) is 0 Å². The van der Waals surface area contributed by atoms with E-state index in [9.17, 15) is 4.79 Å². The molecule has 1 aliphatic rings. The van der Waals surface area contributed by atoms with Crippen molar-refractivity contribution in [1.29, 1.82) is 0 Å². The molecule has 0 aliphatic carbocycles. The molecule has 1 aliphatic heterocycles. The number of hydrogen-bond acceptors (Lipinski definition) is 5. The van der Waals surface area contributed by atoms with Crippen molar-refractivity contribution in [1.82, 2.24) is 19.5 Å². The Morgan fingerprint density at radius 3 is 2.62 bits per heavy atom. The van der Waals surface area contributed by atoms with Crippen LogP contribution in [-0.4, -0.2) is 58.7 Å². The smallest absolute Gasteiger partial charge is 0.259 e. The molecule has 0 unspecified atom stereocenters. The molecule has 1 amide bonds. The standard InChI is InChI=1S/C24H22ClN5O2/c1-32-22-8-3-2-7-21(22)28-11-13-29(14-12-28)24(31)19-16-27-30-20(9-10-26-23(19)30)17-5-4-6-18(25)15-17/h2-10,15-16H,11-14H2,1H3. The Balaban J connectivity index is 1.38. The van der Waals surface area contributed by atoms with Crippen LogP contribution < -0.4 is 9.64 Å². The van der Waals surface area contributed by atoms with Crippen LogP contribution in [-0.2, 0) is 0 Å². The fraction of sp³-hybridized carbons (Fsp3) is 0.208. The summed E-state index contributed by atoms with van der Waals surface area (Å²) in [5.74, 6) is 0.781. The van der Waals surface area contributed by atoms with Gasteiger partial charge in [0.1, 0.15) is 11.3 Å². The molecule has 1 saturated heterocycles. The highest BCUT2D eigenvalue weighted by Gasteiger charge is 2.26. The van der Waals surface area contributed by atoms with Gasteiger partial charge in [-0.15, -0.1) is 0 Å². The van der Waals surface area contributed by atoms with Crippen molar-refractivity contribution in [3.8, 4) is 17.0 Å². The molecule has 1 fully saturated rings. The first-order valence-corrected chi connectivity index (χ1v) is 10.8. The summed E-state index contributed by atoms with van der Waals surface area (Å²) >= 11 is 6.16. The number of carbonyl (C=O) groups is 1. The molecule has 162 valence electrons. The highest BCUT2D eigenvalue weighted by Crippen LogP contribution is 2.29. The molecule has 0 saturated carbocycles. The normalized spacial score (nSPS) is 14.1. The summed E-state index contributed by atoms with van der Waals surface area (Å²) in [5, 5.41) is 5.10. The number of fused-ring (bicyclic) bond motifs is 1. The van der Waals surface area contributed by atoms with Crippen molar-refractivity contribution < 1.29 is 9.53 Å². The van der Waals surface area contributed by atoms with E-state index in [1.54, 1.807) is 24.0 Å². The maximum atomic E-state index is 13.3. The number of benzene rings is 2. The predicted molar refractivity (Wildman–Crippen MR) is 125 cm³/mol. The van der Waals surface area contributed by atoms with Crippen LogP contribution in [0.25, 0.3) is 16.9 Å². The number of ether oxygens (including phenoxy) is 1. The monoisotopic (exact) mass is 447 g/mol. The number of piperazine rings is 1. The van der Waals surface area contributed by atoms with Crippen molar-refractivity contribution in [2.24, 2.45) is 0 Å². The SMILES string of the molecule is COc1ccccc1N1CCN(C(=O)c2cnn3c(-c4cccc(Cl)c4)ccnc23)CC1. The van der Waals surface area contributed by atoms with Gasteiger partial charge < -0.3 is 14.5 Å². The summed E-state index contributed by atoms with van der Waals surface area (Å²) < 4.78 is 7.18. The Bertz CT molecular complexity index is 1280. The average molecular weight is 448 g/mol. The van der Waals surface area contributed by atoms with E-state index in [-0.39, 0.29) is 5.91 Å². The molecule has 0 spiro atoms. The number of amides is 1. The Kier molecular flexibility index (Phi) is 5.41. The minimum absolute atomic E-state index is 0.0598. The molecule has 32 heavy (non-hydrogen) atoms. The number of nitrogens with zero attached hydrogens (tertiary/aromatic N) is 5. The first-order valence-electron chi connectivity index (χ1n) is 10.4. The lowest BCUT2D eigenvalue weighted by atomic mass is 10.1. The third kappa shape index (κ3) is 3.65. The van der Waals surface area contributed by atoms with Gasteiger partial charge >= 0.3 is 0 Å². The van der Waals surface area contributed by atoms with E-state index in [2.05, 4.69) is 15.0 Å².